The number of carbonyl (C=O) groups is 3. The highest BCUT2D eigenvalue weighted by molar-refractivity contribution is 6.05. The van der Waals surface area contributed by atoms with E-state index < -0.39 is 37.0 Å². The van der Waals surface area contributed by atoms with Gasteiger partial charge in [0.05, 0.1) is 37.8 Å². The van der Waals surface area contributed by atoms with Gasteiger partial charge in [0, 0.05) is 30.8 Å². The molecule has 0 aliphatic carbocycles. The number of methoxy groups -OCH3 is 1. The number of amides is 1. The molecular weight excluding hydrogens is 431 g/mol. The normalized spacial score (nSPS) is 13.5. The van der Waals surface area contributed by atoms with Crippen molar-refractivity contribution in [2.24, 2.45) is 0 Å². The molecule has 0 saturated carbocycles. The number of hydrogen-bond donors (Lipinski definition) is 0. The quantitative estimate of drug-likeness (QED) is 0.625. The van der Waals surface area contributed by atoms with E-state index in [1.54, 1.807) is 19.1 Å². The molecule has 0 radical (unpaired) electrons. The van der Waals surface area contributed by atoms with E-state index in [1.165, 1.54) is 28.8 Å². The van der Waals surface area contributed by atoms with E-state index in [4.69, 9.17) is 9.47 Å². The van der Waals surface area contributed by atoms with E-state index >= 15 is 0 Å². The zero-order valence-electron chi connectivity index (χ0n) is 17.6. The summed E-state index contributed by atoms with van der Waals surface area (Å²) in [5.41, 5.74) is 0.924. The molecule has 2 aromatic rings. The molecule has 3 rings (SSSR count). The average Bonchev–Trinajstić information content (AvgIpc) is 3.14. The molecule has 0 atom stereocenters. The topological polar surface area (TPSA) is 90.7 Å². The first kappa shape index (κ1) is 23.3. The van der Waals surface area contributed by atoms with Crippen molar-refractivity contribution in [1.29, 1.82) is 0 Å². The molecule has 0 spiro atoms. The zero-order valence-corrected chi connectivity index (χ0v) is 17.6. The SMILES string of the molecule is CCOC(=O)c1nn(CCC(F)(F)F)c2c1CN(C(=O)c1ccccc1C(=O)OC)CC2. The van der Waals surface area contributed by atoms with Crippen LogP contribution in [0, 0.1) is 0 Å². The predicted molar refractivity (Wildman–Crippen MR) is 105 cm³/mol. The van der Waals surface area contributed by atoms with Gasteiger partial charge in [-0.3, -0.25) is 9.48 Å². The van der Waals surface area contributed by atoms with Crippen LogP contribution in [0.1, 0.15) is 55.8 Å². The summed E-state index contributed by atoms with van der Waals surface area (Å²) < 4.78 is 49.1. The molecule has 172 valence electrons. The van der Waals surface area contributed by atoms with Crippen LogP contribution in [0.25, 0.3) is 0 Å². The Labute approximate surface area is 181 Å². The number of rotatable bonds is 6. The van der Waals surface area contributed by atoms with Gasteiger partial charge < -0.3 is 14.4 Å². The Morgan fingerprint density at radius 3 is 2.44 bits per heavy atom. The summed E-state index contributed by atoms with van der Waals surface area (Å²) >= 11 is 0. The molecule has 1 aromatic heterocycles. The van der Waals surface area contributed by atoms with Crippen LogP contribution in [0.4, 0.5) is 13.2 Å². The molecule has 1 aromatic carbocycles. The van der Waals surface area contributed by atoms with Gasteiger partial charge >= 0.3 is 18.1 Å². The van der Waals surface area contributed by atoms with E-state index in [9.17, 15) is 27.6 Å². The second kappa shape index (κ2) is 9.41. The molecule has 2 heterocycles. The maximum Gasteiger partial charge on any atom is 0.390 e. The van der Waals surface area contributed by atoms with Crippen molar-refractivity contribution in [3.8, 4) is 0 Å². The molecule has 0 unspecified atom stereocenters. The Morgan fingerprint density at radius 2 is 1.81 bits per heavy atom. The standard InChI is InChI=1S/C21H22F3N3O5/c1-3-32-20(30)17-15-12-26(10-8-16(15)27(25-17)11-9-21(22,23)24)18(28)13-6-4-5-7-14(13)19(29)31-2/h4-7H,3,8-12H2,1-2H3. The number of ether oxygens (including phenoxy) is 2. The predicted octanol–water partition coefficient (Wildman–Crippen LogP) is 3.00. The largest absolute Gasteiger partial charge is 0.465 e. The van der Waals surface area contributed by atoms with Crippen molar-refractivity contribution in [3.63, 3.8) is 0 Å². The van der Waals surface area contributed by atoms with Crippen LogP contribution >= 0.6 is 0 Å². The number of nitrogens with zero attached hydrogens (tertiary/aromatic N) is 3. The minimum Gasteiger partial charge on any atom is -0.465 e. The number of benzene rings is 1. The summed E-state index contributed by atoms with van der Waals surface area (Å²) in [6.07, 6.45) is -5.28. The number of esters is 2. The fourth-order valence-electron chi connectivity index (χ4n) is 3.57. The van der Waals surface area contributed by atoms with Crippen LogP contribution < -0.4 is 0 Å². The number of hydrogen-bond acceptors (Lipinski definition) is 6. The third kappa shape index (κ3) is 4.92. The molecule has 32 heavy (non-hydrogen) atoms. The number of aryl methyl sites for hydroxylation is 1. The van der Waals surface area contributed by atoms with Crippen LogP contribution in [0.2, 0.25) is 0 Å². The monoisotopic (exact) mass is 453 g/mol. The first-order chi connectivity index (χ1) is 15.2. The minimum absolute atomic E-state index is 0.0517. The fourth-order valence-corrected chi connectivity index (χ4v) is 3.57. The summed E-state index contributed by atoms with van der Waals surface area (Å²) in [5.74, 6) is -1.90. The molecule has 0 saturated heterocycles. The van der Waals surface area contributed by atoms with E-state index in [-0.39, 0.29) is 42.9 Å². The van der Waals surface area contributed by atoms with Crippen molar-refractivity contribution in [3.05, 3.63) is 52.3 Å². The molecular formula is C21H22F3N3O5. The zero-order chi connectivity index (χ0) is 23.5. The van der Waals surface area contributed by atoms with Crippen LogP contribution in [0.5, 0.6) is 0 Å². The van der Waals surface area contributed by atoms with Crippen molar-refractivity contribution in [1.82, 2.24) is 14.7 Å². The maximum absolute atomic E-state index is 13.1. The van der Waals surface area contributed by atoms with Gasteiger partial charge in [0.25, 0.3) is 5.91 Å². The van der Waals surface area contributed by atoms with Gasteiger partial charge in [-0.05, 0) is 19.1 Å². The molecule has 0 fully saturated rings. The van der Waals surface area contributed by atoms with Crippen molar-refractivity contribution >= 4 is 17.8 Å². The number of alkyl halides is 3. The Hall–Kier alpha value is -3.37. The third-order valence-electron chi connectivity index (χ3n) is 5.06. The summed E-state index contributed by atoms with van der Waals surface area (Å²) in [7, 11) is 1.21. The molecule has 1 aliphatic heterocycles. The molecule has 11 heteroatoms. The molecule has 1 amide bonds. The van der Waals surface area contributed by atoms with Gasteiger partial charge in [-0.15, -0.1) is 0 Å². The first-order valence-corrected chi connectivity index (χ1v) is 9.95. The lowest BCUT2D eigenvalue weighted by Gasteiger charge is -2.28. The Morgan fingerprint density at radius 1 is 1.12 bits per heavy atom. The molecule has 0 bridgehead atoms. The van der Waals surface area contributed by atoms with Gasteiger partial charge in [-0.1, -0.05) is 12.1 Å². The van der Waals surface area contributed by atoms with Gasteiger partial charge in [0.2, 0.25) is 0 Å². The number of halogens is 3. The van der Waals surface area contributed by atoms with E-state index in [0.29, 0.717) is 11.3 Å². The summed E-state index contributed by atoms with van der Waals surface area (Å²) in [6, 6.07) is 6.16. The van der Waals surface area contributed by atoms with E-state index in [1.807, 2.05) is 0 Å². The van der Waals surface area contributed by atoms with Gasteiger partial charge in [0.1, 0.15) is 0 Å². The Kier molecular flexibility index (Phi) is 6.85. The minimum atomic E-state index is -4.38. The molecule has 0 N–H and O–H groups in total. The van der Waals surface area contributed by atoms with Gasteiger partial charge in [0.15, 0.2) is 5.69 Å². The number of fused-ring (bicyclic) bond motifs is 1. The van der Waals surface area contributed by atoms with Crippen molar-refractivity contribution in [2.75, 3.05) is 20.3 Å². The second-order valence-corrected chi connectivity index (χ2v) is 7.10. The fraction of sp³-hybridized carbons (Fsp3) is 0.429. The number of aromatic nitrogens is 2. The highest BCUT2D eigenvalue weighted by atomic mass is 19.4. The van der Waals surface area contributed by atoms with Crippen LogP contribution in [-0.4, -0.2) is 59.0 Å². The number of carbonyl (C=O) groups excluding carboxylic acids is 3. The van der Waals surface area contributed by atoms with Crippen molar-refractivity contribution < 1.29 is 37.0 Å². The smallest absolute Gasteiger partial charge is 0.390 e. The highest BCUT2D eigenvalue weighted by Gasteiger charge is 2.34. The average molecular weight is 453 g/mol. The summed E-state index contributed by atoms with van der Waals surface area (Å²) in [6.45, 7) is 1.36. The van der Waals surface area contributed by atoms with Crippen LogP contribution in [0.3, 0.4) is 0 Å². The summed E-state index contributed by atoms with van der Waals surface area (Å²) in [4.78, 5) is 39.0. The lowest BCUT2D eigenvalue weighted by molar-refractivity contribution is -0.137. The maximum atomic E-state index is 13.1. The second-order valence-electron chi connectivity index (χ2n) is 7.10. The van der Waals surface area contributed by atoms with Gasteiger partial charge in [-0.25, -0.2) is 9.59 Å². The lowest BCUT2D eigenvalue weighted by Crippen LogP contribution is -2.37. The van der Waals surface area contributed by atoms with E-state index in [2.05, 4.69) is 5.10 Å². The first-order valence-electron chi connectivity index (χ1n) is 9.95. The third-order valence-corrected chi connectivity index (χ3v) is 5.06. The van der Waals surface area contributed by atoms with E-state index in [0.717, 1.165) is 0 Å². The van der Waals surface area contributed by atoms with Gasteiger partial charge in [-0.2, -0.15) is 18.3 Å². The van der Waals surface area contributed by atoms with Crippen LogP contribution in [-0.2, 0) is 29.0 Å². The van der Waals surface area contributed by atoms with Crippen molar-refractivity contribution in [2.45, 2.75) is 39.0 Å². The summed E-state index contributed by atoms with van der Waals surface area (Å²) in [5, 5.41) is 4.07. The Bertz CT molecular complexity index is 1030. The lowest BCUT2D eigenvalue weighted by atomic mass is 10.0. The highest BCUT2D eigenvalue weighted by Crippen LogP contribution is 2.27. The molecule has 8 nitrogen and oxygen atoms in total. The van der Waals surface area contributed by atoms with Crippen LogP contribution in [0.15, 0.2) is 24.3 Å². The Balaban J connectivity index is 1.93. The molecule has 1 aliphatic rings.